The molecule has 3 amide bonds. The molecule has 10 nitrogen and oxygen atoms in total. The van der Waals surface area contributed by atoms with Gasteiger partial charge in [0.05, 0.1) is 12.8 Å². The third kappa shape index (κ3) is 11.8. The molecule has 10 heteroatoms. The predicted octanol–water partition coefficient (Wildman–Crippen LogP) is 4.34. The minimum atomic E-state index is -0.581. The smallest absolute Gasteiger partial charge is 0.306 e. The summed E-state index contributed by atoms with van der Waals surface area (Å²) in [5.41, 5.74) is 6.56. The van der Waals surface area contributed by atoms with Crippen LogP contribution in [0.1, 0.15) is 80.6 Å². The first-order valence-corrected chi connectivity index (χ1v) is 14.0. The van der Waals surface area contributed by atoms with Gasteiger partial charge in [0.15, 0.2) is 0 Å². The highest BCUT2D eigenvalue weighted by molar-refractivity contribution is 5.82. The van der Waals surface area contributed by atoms with Crippen molar-refractivity contribution in [3.05, 3.63) is 83.4 Å². The summed E-state index contributed by atoms with van der Waals surface area (Å²) in [4.78, 5) is 50.5. The van der Waals surface area contributed by atoms with E-state index in [-0.39, 0.29) is 43.6 Å². The van der Waals surface area contributed by atoms with E-state index in [9.17, 15) is 19.2 Å². The standard InChI is InChI=1S/C31H38N4O6/c36-28(16-7-4-8-17-29(37)34-40)33-32-21-24-12-11-13-25(20-24)22-35-23-27(26-14-5-3-6-15-26)41-31(39)19-10-2-1-9-18-30(35)38/h1-3,5-6,11-15,20-21,27,40H,4,7-10,16-19,22-23H2,(H,33,36)(H,34,37)/b2-1+,32-21+/t27-/m1/s1. The van der Waals surface area contributed by atoms with Crippen LogP contribution in [0.5, 0.6) is 0 Å². The van der Waals surface area contributed by atoms with Crippen LogP contribution in [0.25, 0.3) is 0 Å². The number of unbranched alkanes of at least 4 members (excludes halogenated alkanes) is 2. The second-order valence-corrected chi connectivity index (χ2v) is 9.85. The molecule has 41 heavy (non-hydrogen) atoms. The zero-order chi connectivity index (χ0) is 29.3. The predicted molar refractivity (Wildman–Crippen MR) is 153 cm³/mol. The van der Waals surface area contributed by atoms with Crippen molar-refractivity contribution in [1.29, 1.82) is 0 Å². The van der Waals surface area contributed by atoms with Crippen molar-refractivity contribution < 1.29 is 29.1 Å². The third-order valence-corrected chi connectivity index (χ3v) is 6.55. The summed E-state index contributed by atoms with van der Waals surface area (Å²) < 4.78 is 5.83. The number of benzene rings is 2. The van der Waals surface area contributed by atoms with Gasteiger partial charge in [0.2, 0.25) is 17.7 Å². The van der Waals surface area contributed by atoms with Crippen LogP contribution in [0.15, 0.2) is 71.9 Å². The number of amides is 3. The largest absolute Gasteiger partial charge is 0.456 e. The number of rotatable bonds is 11. The average molecular weight is 563 g/mol. The molecule has 2 aromatic carbocycles. The Bertz CT molecular complexity index is 1210. The van der Waals surface area contributed by atoms with Crippen molar-refractivity contribution in [3.63, 3.8) is 0 Å². The zero-order valence-electron chi connectivity index (χ0n) is 23.2. The van der Waals surface area contributed by atoms with E-state index in [2.05, 4.69) is 10.5 Å². The van der Waals surface area contributed by atoms with Gasteiger partial charge in [0.1, 0.15) is 6.10 Å². The molecule has 0 unspecified atom stereocenters. The SMILES string of the molecule is O=C(CCCCCC(=O)N/N=C/c1cccc(CN2C[C@H](c3ccccc3)OC(=O)CC/C=C/CCC2=O)c1)NO. The quantitative estimate of drug-likeness (QED) is 0.0931. The molecule has 0 spiro atoms. The van der Waals surface area contributed by atoms with Crippen LogP contribution >= 0.6 is 0 Å². The number of carbonyl (C=O) groups is 4. The third-order valence-electron chi connectivity index (χ3n) is 6.55. The van der Waals surface area contributed by atoms with Crippen molar-refractivity contribution in [2.45, 2.75) is 70.4 Å². The fourth-order valence-corrected chi connectivity index (χ4v) is 4.38. The topological polar surface area (TPSA) is 137 Å². The Morgan fingerprint density at radius 1 is 0.951 bits per heavy atom. The van der Waals surface area contributed by atoms with E-state index in [1.54, 1.807) is 16.6 Å². The van der Waals surface area contributed by atoms with Crippen molar-refractivity contribution in [2.24, 2.45) is 5.10 Å². The molecular formula is C31H38N4O6. The van der Waals surface area contributed by atoms with Crippen LogP contribution in [0.3, 0.4) is 0 Å². The van der Waals surface area contributed by atoms with Crippen LogP contribution < -0.4 is 10.9 Å². The van der Waals surface area contributed by atoms with E-state index in [0.29, 0.717) is 45.1 Å². The number of hydrazone groups is 1. The molecular weight excluding hydrogens is 524 g/mol. The lowest BCUT2D eigenvalue weighted by molar-refractivity contribution is -0.152. The van der Waals surface area contributed by atoms with Gasteiger partial charge in [-0.2, -0.15) is 5.10 Å². The summed E-state index contributed by atoms with van der Waals surface area (Å²) >= 11 is 0. The average Bonchev–Trinajstić information content (AvgIpc) is 2.97. The van der Waals surface area contributed by atoms with Gasteiger partial charge in [-0.15, -0.1) is 0 Å². The van der Waals surface area contributed by atoms with Gasteiger partial charge in [0.25, 0.3) is 0 Å². The summed E-state index contributed by atoms with van der Waals surface area (Å²) in [7, 11) is 0. The number of carbonyl (C=O) groups excluding carboxylic acids is 4. The number of nitrogens with zero attached hydrogens (tertiary/aromatic N) is 2. The highest BCUT2D eigenvalue weighted by Gasteiger charge is 2.24. The van der Waals surface area contributed by atoms with Crippen molar-refractivity contribution in [2.75, 3.05) is 6.54 Å². The van der Waals surface area contributed by atoms with Gasteiger partial charge < -0.3 is 9.64 Å². The van der Waals surface area contributed by atoms with E-state index in [1.165, 1.54) is 0 Å². The highest BCUT2D eigenvalue weighted by atomic mass is 16.5. The Morgan fingerprint density at radius 3 is 2.44 bits per heavy atom. The number of nitrogens with one attached hydrogen (secondary N) is 2. The number of hydrogen-bond acceptors (Lipinski definition) is 7. The molecule has 0 bridgehead atoms. The van der Waals surface area contributed by atoms with Crippen molar-refractivity contribution in [1.82, 2.24) is 15.8 Å². The Morgan fingerprint density at radius 2 is 1.68 bits per heavy atom. The lowest BCUT2D eigenvalue weighted by atomic mass is 10.1. The molecule has 2 aromatic rings. The van der Waals surface area contributed by atoms with Crippen LogP contribution in [-0.4, -0.2) is 46.6 Å². The maximum Gasteiger partial charge on any atom is 0.306 e. The van der Waals surface area contributed by atoms with Crippen LogP contribution in [0, 0.1) is 0 Å². The molecule has 0 aliphatic carbocycles. The van der Waals surface area contributed by atoms with Gasteiger partial charge in [0, 0.05) is 32.2 Å². The van der Waals surface area contributed by atoms with E-state index >= 15 is 0 Å². The molecule has 3 N–H and O–H groups in total. The summed E-state index contributed by atoms with van der Waals surface area (Å²) in [6, 6.07) is 17.0. The van der Waals surface area contributed by atoms with Gasteiger partial charge in [-0.3, -0.25) is 24.4 Å². The number of cyclic esters (lactones) is 1. The number of ether oxygens (including phenoxy) is 1. The number of allylic oxidation sites excluding steroid dienone is 2. The van der Waals surface area contributed by atoms with Crippen LogP contribution in [0.4, 0.5) is 0 Å². The Kier molecular flexibility index (Phi) is 13.2. The summed E-state index contributed by atoms with van der Waals surface area (Å²) in [6.07, 6.45) is 9.00. The minimum absolute atomic E-state index is 0.0319. The molecule has 0 saturated heterocycles. The van der Waals surface area contributed by atoms with Gasteiger partial charge in [-0.25, -0.2) is 10.9 Å². The number of hydroxylamine groups is 1. The van der Waals surface area contributed by atoms with Gasteiger partial charge in [-0.1, -0.05) is 67.1 Å². The molecule has 3 rings (SSSR count). The first-order valence-electron chi connectivity index (χ1n) is 14.0. The molecule has 1 aliphatic heterocycles. The molecule has 0 radical (unpaired) electrons. The molecule has 0 aromatic heterocycles. The second kappa shape index (κ2) is 17.4. The fourth-order valence-electron chi connectivity index (χ4n) is 4.38. The normalized spacial score (nSPS) is 17.3. The summed E-state index contributed by atoms with van der Waals surface area (Å²) in [6.45, 7) is 0.559. The Hall–Kier alpha value is -4.31. The minimum Gasteiger partial charge on any atom is -0.456 e. The summed E-state index contributed by atoms with van der Waals surface area (Å²) in [5.74, 6) is -1.00. The molecule has 0 saturated carbocycles. The van der Waals surface area contributed by atoms with E-state index in [0.717, 1.165) is 16.7 Å². The first-order chi connectivity index (χ1) is 19.9. The molecule has 0 fully saturated rings. The van der Waals surface area contributed by atoms with Crippen molar-refractivity contribution >= 4 is 29.9 Å². The first kappa shape index (κ1) is 31.2. The fraction of sp³-hybridized carbons (Fsp3) is 0.387. The lowest BCUT2D eigenvalue weighted by Crippen LogP contribution is -2.35. The van der Waals surface area contributed by atoms with E-state index in [4.69, 9.17) is 9.94 Å². The molecule has 1 aliphatic rings. The molecule has 1 atom stereocenters. The maximum atomic E-state index is 13.2. The van der Waals surface area contributed by atoms with E-state index in [1.807, 2.05) is 66.7 Å². The van der Waals surface area contributed by atoms with Crippen LogP contribution in [-0.2, 0) is 30.5 Å². The Balaban J connectivity index is 1.62. The van der Waals surface area contributed by atoms with Crippen LogP contribution in [0.2, 0.25) is 0 Å². The van der Waals surface area contributed by atoms with E-state index < -0.39 is 12.0 Å². The maximum absolute atomic E-state index is 13.2. The monoisotopic (exact) mass is 562 g/mol. The summed E-state index contributed by atoms with van der Waals surface area (Å²) in [5, 5.41) is 12.5. The van der Waals surface area contributed by atoms with Gasteiger partial charge in [-0.05, 0) is 48.4 Å². The lowest BCUT2D eigenvalue weighted by Gasteiger charge is -2.28. The van der Waals surface area contributed by atoms with Crippen molar-refractivity contribution in [3.8, 4) is 0 Å². The second-order valence-electron chi connectivity index (χ2n) is 9.85. The number of hydrogen-bond donors (Lipinski definition) is 3. The highest BCUT2D eigenvalue weighted by Crippen LogP contribution is 2.22. The molecule has 1 heterocycles. The zero-order valence-corrected chi connectivity index (χ0v) is 23.2. The Labute approximate surface area is 240 Å². The molecule has 218 valence electrons. The van der Waals surface area contributed by atoms with Gasteiger partial charge >= 0.3 is 5.97 Å². The number of esters is 1.